The van der Waals surface area contributed by atoms with Crippen molar-refractivity contribution in [2.45, 2.75) is 13.0 Å². The van der Waals surface area contributed by atoms with E-state index in [4.69, 9.17) is 4.74 Å². The molecule has 0 aromatic carbocycles. The van der Waals surface area contributed by atoms with Crippen LogP contribution < -0.4 is 5.32 Å². The number of likely N-dealkylation sites (N-methyl/N-ethyl adjacent to an activating group) is 1. The fourth-order valence-electron chi connectivity index (χ4n) is 1.46. The van der Waals surface area contributed by atoms with Crippen molar-refractivity contribution in [3.8, 4) is 0 Å². The Balaban J connectivity index is 2.47. The van der Waals surface area contributed by atoms with Gasteiger partial charge in [0.2, 0.25) is 0 Å². The summed E-state index contributed by atoms with van der Waals surface area (Å²) in [5.41, 5.74) is 0. The van der Waals surface area contributed by atoms with Crippen LogP contribution >= 0.6 is 0 Å². The summed E-state index contributed by atoms with van der Waals surface area (Å²) < 4.78 is 5.38. The number of carbonyl (C=O) groups excluding carboxylic acids is 1. The van der Waals surface area contributed by atoms with Gasteiger partial charge in [-0.25, -0.2) is 0 Å². The zero-order valence-corrected chi connectivity index (χ0v) is 8.66. The highest BCUT2D eigenvalue weighted by Crippen LogP contribution is 2.02. The summed E-state index contributed by atoms with van der Waals surface area (Å²) in [7, 11) is 0. The lowest BCUT2D eigenvalue weighted by Gasteiger charge is -2.28. The van der Waals surface area contributed by atoms with Crippen LogP contribution in [0.1, 0.15) is 6.92 Å². The van der Waals surface area contributed by atoms with Crippen LogP contribution in [0.2, 0.25) is 0 Å². The lowest BCUT2D eigenvalue weighted by molar-refractivity contribution is -0.144. The summed E-state index contributed by atoms with van der Waals surface area (Å²) in [5.74, 6) is 0.0552. The lowest BCUT2D eigenvalue weighted by atomic mass is 10.2. The summed E-state index contributed by atoms with van der Waals surface area (Å²) in [4.78, 5) is 13.6. The Morgan fingerprint density at radius 3 is 3.07 bits per heavy atom. The normalized spacial score (nSPS) is 21.6. The molecule has 1 aliphatic rings. The van der Waals surface area contributed by atoms with Crippen molar-refractivity contribution >= 4 is 5.91 Å². The van der Waals surface area contributed by atoms with Crippen molar-refractivity contribution in [3.05, 3.63) is 12.7 Å². The molecule has 1 rings (SSSR count). The Kier molecular flexibility index (Phi) is 4.62. The van der Waals surface area contributed by atoms with Crippen LogP contribution in [0.15, 0.2) is 12.7 Å². The van der Waals surface area contributed by atoms with Gasteiger partial charge in [-0.1, -0.05) is 6.08 Å². The largest absolute Gasteiger partial charge is 0.366 e. The van der Waals surface area contributed by atoms with Gasteiger partial charge in [-0.2, -0.15) is 0 Å². The van der Waals surface area contributed by atoms with Crippen molar-refractivity contribution in [2.75, 3.05) is 32.8 Å². The molecule has 1 unspecified atom stereocenters. The Morgan fingerprint density at radius 1 is 1.79 bits per heavy atom. The van der Waals surface area contributed by atoms with Crippen LogP contribution in [0, 0.1) is 0 Å². The monoisotopic (exact) mass is 198 g/mol. The fraction of sp³-hybridized carbons (Fsp3) is 0.700. The molecule has 1 aliphatic heterocycles. The highest BCUT2D eigenvalue weighted by atomic mass is 16.5. The number of amides is 1. The second-order valence-corrected chi connectivity index (χ2v) is 3.23. The fourth-order valence-corrected chi connectivity index (χ4v) is 1.46. The summed E-state index contributed by atoms with van der Waals surface area (Å²) in [6.07, 6.45) is 1.42. The molecular formula is C10H18N2O2. The molecule has 1 saturated heterocycles. The highest BCUT2D eigenvalue weighted by Gasteiger charge is 2.25. The van der Waals surface area contributed by atoms with Crippen molar-refractivity contribution in [1.29, 1.82) is 0 Å². The molecule has 14 heavy (non-hydrogen) atoms. The quantitative estimate of drug-likeness (QED) is 0.647. The van der Waals surface area contributed by atoms with E-state index >= 15 is 0 Å². The average molecular weight is 198 g/mol. The minimum Gasteiger partial charge on any atom is -0.366 e. The maximum Gasteiger partial charge on any atom is 0.253 e. The molecule has 1 atom stereocenters. The van der Waals surface area contributed by atoms with Crippen molar-refractivity contribution in [1.82, 2.24) is 10.2 Å². The molecule has 1 fully saturated rings. The van der Waals surface area contributed by atoms with E-state index in [0.717, 1.165) is 6.54 Å². The second kappa shape index (κ2) is 5.78. The molecule has 0 spiro atoms. The Hall–Kier alpha value is -0.870. The summed E-state index contributed by atoms with van der Waals surface area (Å²) in [5, 5.41) is 3.14. The van der Waals surface area contributed by atoms with Gasteiger partial charge in [-0.05, 0) is 6.92 Å². The number of hydrogen-bond donors (Lipinski definition) is 1. The van der Waals surface area contributed by atoms with Gasteiger partial charge in [0.25, 0.3) is 5.91 Å². The van der Waals surface area contributed by atoms with Gasteiger partial charge in [-0.15, -0.1) is 6.58 Å². The molecule has 0 aromatic rings. The van der Waals surface area contributed by atoms with E-state index in [1.165, 1.54) is 0 Å². The number of hydrogen-bond acceptors (Lipinski definition) is 3. The van der Waals surface area contributed by atoms with Crippen molar-refractivity contribution in [3.63, 3.8) is 0 Å². The molecule has 0 saturated carbocycles. The van der Waals surface area contributed by atoms with E-state index < -0.39 is 0 Å². The van der Waals surface area contributed by atoms with E-state index in [2.05, 4.69) is 11.9 Å². The molecule has 0 radical (unpaired) electrons. The van der Waals surface area contributed by atoms with Gasteiger partial charge in [0.1, 0.15) is 6.10 Å². The van der Waals surface area contributed by atoms with E-state index in [-0.39, 0.29) is 12.0 Å². The van der Waals surface area contributed by atoms with Gasteiger partial charge in [0.15, 0.2) is 0 Å². The maximum atomic E-state index is 11.8. The molecule has 80 valence electrons. The zero-order chi connectivity index (χ0) is 10.4. The van der Waals surface area contributed by atoms with Gasteiger partial charge < -0.3 is 15.0 Å². The standard InChI is InChI=1S/C10H18N2O2/c1-3-6-12(4-2)10(13)9-8-11-5-7-14-9/h3,9,11H,1,4-8H2,2H3. The van der Waals surface area contributed by atoms with Crippen LogP contribution in [0.5, 0.6) is 0 Å². The molecule has 0 bridgehead atoms. The Bertz CT molecular complexity index is 200. The third-order valence-corrected chi connectivity index (χ3v) is 2.25. The number of morpholine rings is 1. The molecule has 4 nitrogen and oxygen atoms in total. The lowest BCUT2D eigenvalue weighted by Crippen LogP contribution is -2.49. The van der Waals surface area contributed by atoms with E-state index in [9.17, 15) is 4.79 Å². The van der Waals surface area contributed by atoms with E-state index in [1.807, 2.05) is 6.92 Å². The second-order valence-electron chi connectivity index (χ2n) is 3.23. The number of ether oxygens (including phenoxy) is 1. The van der Waals surface area contributed by atoms with Crippen LogP contribution in [-0.4, -0.2) is 49.7 Å². The SMILES string of the molecule is C=CCN(CC)C(=O)C1CNCCO1. The first kappa shape index (κ1) is 11.2. The molecule has 1 amide bonds. The van der Waals surface area contributed by atoms with Crippen molar-refractivity contribution < 1.29 is 9.53 Å². The topological polar surface area (TPSA) is 41.6 Å². The number of carbonyl (C=O) groups is 1. The Morgan fingerprint density at radius 2 is 2.57 bits per heavy atom. The first-order valence-electron chi connectivity index (χ1n) is 5.01. The molecular weight excluding hydrogens is 180 g/mol. The predicted octanol–water partition coefficient (Wildman–Crippen LogP) is 0.00930. The van der Waals surface area contributed by atoms with E-state index in [1.54, 1.807) is 11.0 Å². The smallest absolute Gasteiger partial charge is 0.253 e. The molecule has 1 heterocycles. The molecule has 4 heteroatoms. The molecule has 1 N–H and O–H groups in total. The molecule has 0 aliphatic carbocycles. The third-order valence-electron chi connectivity index (χ3n) is 2.25. The van der Waals surface area contributed by atoms with Gasteiger partial charge in [0.05, 0.1) is 6.61 Å². The Labute approximate surface area is 84.9 Å². The van der Waals surface area contributed by atoms with Gasteiger partial charge >= 0.3 is 0 Å². The minimum absolute atomic E-state index is 0.0552. The average Bonchev–Trinajstić information content (AvgIpc) is 2.26. The van der Waals surface area contributed by atoms with Crippen LogP contribution in [0.4, 0.5) is 0 Å². The van der Waals surface area contributed by atoms with Gasteiger partial charge in [0, 0.05) is 26.2 Å². The summed E-state index contributed by atoms with van der Waals surface area (Å²) >= 11 is 0. The van der Waals surface area contributed by atoms with Gasteiger partial charge in [-0.3, -0.25) is 4.79 Å². The van der Waals surface area contributed by atoms with Crippen LogP contribution in [-0.2, 0) is 9.53 Å². The summed E-state index contributed by atoms with van der Waals surface area (Å²) in [6.45, 7) is 8.93. The van der Waals surface area contributed by atoms with Crippen molar-refractivity contribution in [2.24, 2.45) is 0 Å². The van der Waals surface area contributed by atoms with Crippen LogP contribution in [0.25, 0.3) is 0 Å². The predicted molar refractivity (Wildman–Crippen MR) is 55.1 cm³/mol. The first-order chi connectivity index (χ1) is 6.79. The highest BCUT2D eigenvalue weighted by molar-refractivity contribution is 5.81. The first-order valence-corrected chi connectivity index (χ1v) is 5.01. The number of nitrogens with zero attached hydrogens (tertiary/aromatic N) is 1. The van der Waals surface area contributed by atoms with Crippen LogP contribution in [0.3, 0.4) is 0 Å². The zero-order valence-electron chi connectivity index (χ0n) is 8.66. The summed E-state index contributed by atoms with van der Waals surface area (Å²) in [6, 6.07) is 0. The number of rotatable bonds is 4. The minimum atomic E-state index is -0.316. The number of nitrogens with one attached hydrogen (secondary N) is 1. The third kappa shape index (κ3) is 2.82. The molecule has 0 aromatic heterocycles. The van der Waals surface area contributed by atoms with E-state index in [0.29, 0.717) is 26.2 Å². The maximum absolute atomic E-state index is 11.8.